The molecule has 1 aliphatic rings. The Balaban J connectivity index is 2.23. The third-order valence-electron chi connectivity index (χ3n) is 2.96. The summed E-state index contributed by atoms with van der Waals surface area (Å²) in [4.78, 5) is 14.7. The van der Waals surface area contributed by atoms with Crippen molar-refractivity contribution >= 4 is 23.5 Å². The zero-order chi connectivity index (χ0) is 12.4. The predicted octanol–water partition coefficient (Wildman–Crippen LogP) is 1.67. The van der Waals surface area contributed by atoms with E-state index in [1.807, 2.05) is 0 Å². The van der Waals surface area contributed by atoms with Crippen molar-refractivity contribution in [1.82, 2.24) is 15.0 Å². The number of aromatic nitrogens is 3. The SMILES string of the molecule is C[C@H]1C[C@H](C)CN(c2nc(N)nc(CCl)n2)C1. The molecule has 0 saturated carbocycles. The average Bonchev–Trinajstić information content (AvgIpc) is 2.26. The number of halogens is 1. The summed E-state index contributed by atoms with van der Waals surface area (Å²) in [5.74, 6) is 3.01. The van der Waals surface area contributed by atoms with Gasteiger partial charge < -0.3 is 10.6 Å². The van der Waals surface area contributed by atoms with Gasteiger partial charge in [-0.2, -0.15) is 15.0 Å². The van der Waals surface area contributed by atoms with Crippen molar-refractivity contribution in [1.29, 1.82) is 0 Å². The van der Waals surface area contributed by atoms with E-state index in [0.717, 1.165) is 13.1 Å². The highest BCUT2D eigenvalue weighted by molar-refractivity contribution is 6.16. The summed E-state index contributed by atoms with van der Waals surface area (Å²) in [5, 5.41) is 0. The molecule has 6 heteroatoms. The van der Waals surface area contributed by atoms with Gasteiger partial charge in [-0.1, -0.05) is 13.8 Å². The number of rotatable bonds is 2. The summed E-state index contributed by atoms with van der Waals surface area (Å²) in [5.41, 5.74) is 5.66. The van der Waals surface area contributed by atoms with Crippen molar-refractivity contribution in [3.8, 4) is 0 Å². The van der Waals surface area contributed by atoms with E-state index in [1.54, 1.807) is 0 Å². The Morgan fingerprint density at radius 2 is 1.88 bits per heavy atom. The summed E-state index contributed by atoms with van der Waals surface area (Å²) in [6.45, 7) is 6.43. The average molecular weight is 256 g/mol. The Kier molecular flexibility index (Phi) is 3.66. The molecule has 1 aliphatic heterocycles. The van der Waals surface area contributed by atoms with Gasteiger partial charge in [-0.25, -0.2) is 0 Å². The lowest BCUT2D eigenvalue weighted by Gasteiger charge is -2.34. The van der Waals surface area contributed by atoms with Crippen LogP contribution in [0.4, 0.5) is 11.9 Å². The molecule has 5 nitrogen and oxygen atoms in total. The van der Waals surface area contributed by atoms with E-state index in [9.17, 15) is 0 Å². The third kappa shape index (κ3) is 2.97. The molecule has 1 aromatic heterocycles. The number of nitrogen functional groups attached to an aromatic ring is 1. The van der Waals surface area contributed by atoms with Crippen LogP contribution in [0.5, 0.6) is 0 Å². The van der Waals surface area contributed by atoms with Gasteiger partial charge in [0.1, 0.15) is 0 Å². The summed E-state index contributed by atoms with van der Waals surface area (Å²) in [6.07, 6.45) is 1.25. The van der Waals surface area contributed by atoms with E-state index in [2.05, 4.69) is 33.7 Å². The Morgan fingerprint density at radius 1 is 1.24 bits per heavy atom. The Morgan fingerprint density at radius 3 is 2.47 bits per heavy atom. The van der Waals surface area contributed by atoms with Gasteiger partial charge in [0, 0.05) is 13.1 Å². The van der Waals surface area contributed by atoms with Gasteiger partial charge in [-0.05, 0) is 18.3 Å². The molecule has 1 aromatic rings. The number of hydrogen-bond acceptors (Lipinski definition) is 5. The highest BCUT2D eigenvalue weighted by Gasteiger charge is 2.24. The first-order valence-electron chi connectivity index (χ1n) is 5.89. The van der Waals surface area contributed by atoms with Crippen molar-refractivity contribution in [2.45, 2.75) is 26.1 Å². The lowest BCUT2D eigenvalue weighted by molar-refractivity contribution is 0.353. The highest BCUT2D eigenvalue weighted by atomic mass is 35.5. The van der Waals surface area contributed by atoms with Gasteiger partial charge in [0.2, 0.25) is 11.9 Å². The molecule has 0 aliphatic carbocycles. The fraction of sp³-hybridized carbons (Fsp3) is 0.727. The molecule has 1 saturated heterocycles. The van der Waals surface area contributed by atoms with Crippen molar-refractivity contribution in [3.05, 3.63) is 5.82 Å². The lowest BCUT2D eigenvalue weighted by Crippen LogP contribution is -2.40. The molecule has 0 spiro atoms. The zero-order valence-corrected chi connectivity index (χ0v) is 11.0. The first-order valence-corrected chi connectivity index (χ1v) is 6.43. The van der Waals surface area contributed by atoms with Crippen LogP contribution in [0.1, 0.15) is 26.1 Å². The van der Waals surface area contributed by atoms with Crippen LogP contribution in [0.3, 0.4) is 0 Å². The van der Waals surface area contributed by atoms with Crippen molar-refractivity contribution in [3.63, 3.8) is 0 Å². The molecule has 0 unspecified atom stereocenters. The molecule has 17 heavy (non-hydrogen) atoms. The summed E-state index contributed by atoms with van der Waals surface area (Å²) in [7, 11) is 0. The van der Waals surface area contributed by atoms with Crippen LogP contribution >= 0.6 is 11.6 Å². The minimum atomic E-state index is 0.247. The van der Waals surface area contributed by atoms with Crippen LogP contribution in [0.15, 0.2) is 0 Å². The quantitative estimate of drug-likeness (QED) is 0.815. The minimum Gasteiger partial charge on any atom is -0.368 e. The van der Waals surface area contributed by atoms with Crippen LogP contribution in [-0.2, 0) is 5.88 Å². The largest absolute Gasteiger partial charge is 0.368 e. The molecule has 0 bridgehead atoms. The van der Waals surface area contributed by atoms with Crippen LogP contribution in [-0.4, -0.2) is 28.0 Å². The minimum absolute atomic E-state index is 0.247. The smallest absolute Gasteiger partial charge is 0.230 e. The fourth-order valence-corrected chi connectivity index (χ4v) is 2.57. The number of alkyl halides is 1. The Hall–Kier alpha value is -1.10. The lowest BCUT2D eigenvalue weighted by atomic mass is 9.92. The van der Waals surface area contributed by atoms with Gasteiger partial charge in [-0.15, -0.1) is 11.6 Å². The van der Waals surface area contributed by atoms with Crippen molar-refractivity contribution in [2.24, 2.45) is 11.8 Å². The third-order valence-corrected chi connectivity index (χ3v) is 3.20. The van der Waals surface area contributed by atoms with Gasteiger partial charge >= 0.3 is 0 Å². The van der Waals surface area contributed by atoms with Crippen molar-refractivity contribution in [2.75, 3.05) is 23.7 Å². The number of anilines is 2. The number of hydrogen-bond donors (Lipinski definition) is 1. The van der Waals surface area contributed by atoms with Crippen LogP contribution < -0.4 is 10.6 Å². The molecule has 0 amide bonds. The van der Waals surface area contributed by atoms with Crippen LogP contribution in [0.2, 0.25) is 0 Å². The maximum Gasteiger partial charge on any atom is 0.230 e. The zero-order valence-electron chi connectivity index (χ0n) is 10.2. The molecular weight excluding hydrogens is 238 g/mol. The van der Waals surface area contributed by atoms with Crippen LogP contribution in [0.25, 0.3) is 0 Å². The van der Waals surface area contributed by atoms with Gasteiger partial charge in [0.05, 0.1) is 5.88 Å². The van der Waals surface area contributed by atoms with E-state index in [0.29, 0.717) is 23.6 Å². The van der Waals surface area contributed by atoms with Crippen molar-refractivity contribution < 1.29 is 0 Å². The highest BCUT2D eigenvalue weighted by Crippen LogP contribution is 2.24. The van der Waals surface area contributed by atoms with E-state index in [1.165, 1.54) is 6.42 Å². The molecule has 2 N–H and O–H groups in total. The topological polar surface area (TPSA) is 67.9 Å². The second-order valence-corrected chi connectivity index (χ2v) is 5.16. The molecule has 2 heterocycles. The first-order chi connectivity index (χ1) is 8.08. The van der Waals surface area contributed by atoms with Gasteiger partial charge in [-0.3, -0.25) is 0 Å². The predicted molar refractivity (Wildman–Crippen MR) is 69.0 cm³/mol. The molecular formula is C11H18ClN5. The summed E-state index contributed by atoms with van der Waals surface area (Å²) >= 11 is 5.74. The Bertz CT molecular complexity index is 387. The van der Waals surface area contributed by atoms with E-state index in [-0.39, 0.29) is 11.8 Å². The molecule has 2 atom stereocenters. The van der Waals surface area contributed by atoms with E-state index < -0.39 is 0 Å². The first kappa shape index (κ1) is 12.4. The van der Waals surface area contributed by atoms with Gasteiger partial charge in [0.15, 0.2) is 5.82 Å². The van der Waals surface area contributed by atoms with E-state index in [4.69, 9.17) is 17.3 Å². The number of nitrogens with two attached hydrogens (primary N) is 1. The Labute approximate surface area is 106 Å². The second kappa shape index (κ2) is 5.04. The monoisotopic (exact) mass is 255 g/mol. The van der Waals surface area contributed by atoms with Crippen LogP contribution in [0, 0.1) is 11.8 Å². The van der Waals surface area contributed by atoms with E-state index >= 15 is 0 Å². The normalized spacial score (nSPS) is 25.0. The molecule has 0 aromatic carbocycles. The number of piperidine rings is 1. The summed E-state index contributed by atoms with van der Waals surface area (Å²) < 4.78 is 0. The molecule has 1 fully saturated rings. The molecule has 94 valence electrons. The summed E-state index contributed by atoms with van der Waals surface area (Å²) in [6, 6.07) is 0. The number of nitrogens with zero attached hydrogens (tertiary/aromatic N) is 4. The molecule has 2 rings (SSSR count). The molecule has 0 radical (unpaired) electrons. The maximum absolute atomic E-state index is 5.74. The van der Waals surface area contributed by atoms with Gasteiger partial charge in [0.25, 0.3) is 0 Å². The standard InChI is InChI=1S/C11H18ClN5/c1-7-3-8(2)6-17(5-7)11-15-9(4-12)14-10(13)16-11/h7-8H,3-6H2,1-2H3,(H2,13,14,15,16)/t7-,8-/m0/s1. The second-order valence-electron chi connectivity index (χ2n) is 4.89. The maximum atomic E-state index is 5.74. The fourth-order valence-electron chi connectivity index (χ4n) is 2.45.